The predicted octanol–water partition coefficient (Wildman–Crippen LogP) is 1.80. The van der Waals surface area contributed by atoms with Crippen LogP contribution in [-0.2, 0) is 9.59 Å². The standard InChI is InChI=1S/C12H21NO3S2/c14-11(15)4-2-1-3-5-13-12(16)9-6-10(7-17)18-8-9/h9-10,17H,1-8H2,(H,13,16)(H,14,15)/t9-,10+/m0/s1. The van der Waals surface area contributed by atoms with Crippen molar-refractivity contribution in [2.45, 2.75) is 37.4 Å². The van der Waals surface area contributed by atoms with E-state index in [2.05, 4.69) is 17.9 Å². The number of hydrogen-bond acceptors (Lipinski definition) is 4. The molecule has 0 bridgehead atoms. The molecule has 6 heteroatoms. The van der Waals surface area contributed by atoms with Gasteiger partial charge in [-0.2, -0.15) is 24.4 Å². The minimum absolute atomic E-state index is 0.131. The van der Waals surface area contributed by atoms with Gasteiger partial charge in [-0.1, -0.05) is 6.42 Å². The van der Waals surface area contributed by atoms with E-state index in [9.17, 15) is 9.59 Å². The second-order valence-corrected chi connectivity index (χ2v) is 6.26. The van der Waals surface area contributed by atoms with E-state index in [0.717, 1.165) is 30.8 Å². The van der Waals surface area contributed by atoms with Crippen LogP contribution >= 0.6 is 24.4 Å². The Kier molecular flexibility index (Phi) is 7.58. The van der Waals surface area contributed by atoms with Crippen molar-refractivity contribution in [2.24, 2.45) is 5.92 Å². The second-order valence-electron chi connectivity index (χ2n) is 4.57. The maximum Gasteiger partial charge on any atom is 0.303 e. The van der Waals surface area contributed by atoms with E-state index in [1.807, 2.05) is 11.8 Å². The molecule has 1 amide bonds. The number of carboxylic acid groups (broad SMARTS) is 1. The van der Waals surface area contributed by atoms with Crippen LogP contribution < -0.4 is 5.32 Å². The van der Waals surface area contributed by atoms with Crippen LogP contribution in [0.2, 0.25) is 0 Å². The Morgan fingerprint density at radius 2 is 2.11 bits per heavy atom. The van der Waals surface area contributed by atoms with Crippen molar-refractivity contribution in [1.29, 1.82) is 0 Å². The first-order valence-corrected chi connectivity index (χ1v) is 8.03. The van der Waals surface area contributed by atoms with Gasteiger partial charge in [0.05, 0.1) is 0 Å². The van der Waals surface area contributed by atoms with E-state index >= 15 is 0 Å². The molecule has 0 saturated carbocycles. The first kappa shape index (κ1) is 15.7. The number of carbonyl (C=O) groups is 2. The van der Waals surface area contributed by atoms with Crippen LogP contribution in [0.5, 0.6) is 0 Å². The van der Waals surface area contributed by atoms with Gasteiger partial charge in [-0.05, 0) is 19.3 Å². The fraction of sp³-hybridized carbons (Fsp3) is 0.833. The lowest BCUT2D eigenvalue weighted by Crippen LogP contribution is -2.31. The fourth-order valence-electron chi connectivity index (χ4n) is 1.95. The van der Waals surface area contributed by atoms with Gasteiger partial charge in [0, 0.05) is 35.6 Å². The van der Waals surface area contributed by atoms with E-state index in [1.165, 1.54) is 0 Å². The average molecular weight is 291 g/mol. The number of carbonyl (C=O) groups excluding carboxylic acids is 1. The molecule has 4 nitrogen and oxygen atoms in total. The van der Waals surface area contributed by atoms with Crippen molar-refractivity contribution >= 4 is 36.3 Å². The van der Waals surface area contributed by atoms with Gasteiger partial charge in [-0.3, -0.25) is 9.59 Å². The summed E-state index contributed by atoms with van der Waals surface area (Å²) >= 11 is 6.08. The van der Waals surface area contributed by atoms with Gasteiger partial charge < -0.3 is 10.4 Å². The quantitative estimate of drug-likeness (QED) is 0.471. The molecule has 1 aliphatic rings. The first-order valence-electron chi connectivity index (χ1n) is 6.35. The van der Waals surface area contributed by atoms with Gasteiger partial charge in [-0.15, -0.1) is 0 Å². The number of hydrogen-bond donors (Lipinski definition) is 3. The monoisotopic (exact) mass is 291 g/mol. The maximum atomic E-state index is 11.8. The molecule has 1 aliphatic heterocycles. The van der Waals surface area contributed by atoms with E-state index in [0.29, 0.717) is 18.2 Å². The molecular formula is C12H21NO3S2. The summed E-state index contributed by atoms with van der Waals surface area (Å²) in [5.74, 6) is 1.26. The van der Waals surface area contributed by atoms with Crippen molar-refractivity contribution < 1.29 is 14.7 Å². The van der Waals surface area contributed by atoms with Crippen molar-refractivity contribution in [2.75, 3.05) is 18.1 Å². The van der Waals surface area contributed by atoms with Gasteiger partial charge in [0.1, 0.15) is 0 Å². The van der Waals surface area contributed by atoms with Crippen LogP contribution in [0.15, 0.2) is 0 Å². The topological polar surface area (TPSA) is 66.4 Å². The van der Waals surface area contributed by atoms with E-state index in [4.69, 9.17) is 5.11 Å². The average Bonchev–Trinajstić information content (AvgIpc) is 2.81. The molecule has 0 spiro atoms. The third-order valence-corrected chi connectivity index (χ3v) is 5.13. The number of carboxylic acids is 1. The third kappa shape index (κ3) is 6.00. The van der Waals surface area contributed by atoms with Crippen LogP contribution in [0.25, 0.3) is 0 Å². The van der Waals surface area contributed by atoms with Crippen LogP contribution in [-0.4, -0.2) is 40.3 Å². The Balaban J connectivity index is 2.02. The molecule has 2 atom stereocenters. The molecule has 0 unspecified atom stereocenters. The molecule has 104 valence electrons. The Hall–Kier alpha value is -0.360. The highest BCUT2D eigenvalue weighted by molar-refractivity contribution is 8.00. The summed E-state index contributed by atoms with van der Waals surface area (Å²) in [4.78, 5) is 22.1. The molecule has 0 aromatic heterocycles. The van der Waals surface area contributed by atoms with Gasteiger partial charge >= 0.3 is 5.97 Å². The largest absolute Gasteiger partial charge is 0.481 e. The van der Waals surface area contributed by atoms with Gasteiger partial charge in [0.25, 0.3) is 0 Å². The van der Waals surface area contributed by atoms with Crippen LogP contribution in [0, 0.1) is 5.92 Å². The number of aliphatic carboxylic acids is 1. The molecule has 1 rings (SSSR count). The zero-order valence-electron chi connectivity index (χ0n) is 10.4. The lowest BCUT2D eigenvalue weighted by atomic mass is 10.1. The molecule has 0 aromatic rings. The van der Waals surface area contributed by atoms with Crippen molar-refractivity contribution in [3.05, 3.63) is 0 Å². The first-order chi connectivity index (χ1) is 8.63. The molecule has 0 radical (unpaired) electrons. The summed E-state index contributed by atoms with van der Waals surface area (Å²) in [6, 6.07) is 0. The summed E-state index contributed by atoms with van der Waals surface area (Å²) in [5, 5.41) is 11.9. The molecule has 0 aliphatic carbocycles. The Morgan fingerprint density at radius 3 is 2.72 bits per heavy atom. The van der Waals surface area contributed by atoms with E-state index in [1.54, 1.807) is 0 Å². The Labute approximate surface area is 118 Å². The molecule has 1 fully saturated rings. The van der Waals surface area contributed by atoms with Crippen molar-refractivity contribution in [1.82, 2.24) is 5.32 Å². The van der Waals surface area contributed by atoms with Gasteiger partial charge in [0.2, 0.25) is 5.91 Å². The summed E-state index contributed by atoms with van der Waals surface area (Å²) in [6.45, 7) is 0.658. The number of rotatable bonds is 8. The normalized spacial score (nSPS) is 22.9. The van der Waals surface area contributed by atoms with Crippen LogP contribution in [0.1, 0.15) is 32.1 Å². The van der Waals surface area contributed by atoms with Gasteiger partial charge in [0.15, 0.2) is 0 Å². The van der Waals surface area contributed by atoms with Crippen LogP contribution in [0.3, 0.4) is 0 Å². The third-order valence-electron chi connectivity index (χ3n) is 3.02. The number of unbranched alkanes of at least 4 members (excludes halogenated alkanes) is 2. The van der Waals surface area contributed by atoms with Crippen molar-refractivity contribution in [3.63, 3.8) is 0 Å². The molecule has 0 aromatic carbocycles. The van der Waals surface area contributed by atoms with E-state index in [-0.39, 0.29) is 18.2 Å². The number of nitrogens with one attached hydrogen (secondary N) is 1. The molecule has 18 heavy (non-hydrogen) atoms. The SMILES string of the molecule is O=C(O)CCCCCNC(=O)[C@@H]1CS[C@@H](CS)C1. The number of amides is 1. The highest BCUT2D eigenvalue weighted by Gasteiger charge is 2.29. The smallest absolute Gasteiger partial charge is 0.303 e. The lowest BCUT2D eigenvalue weighted by molar-refractivity contribution is -0.137. The Bertz CT molecular complexity index is 286. The minimum Gasteiger partial charge on any atom is -0.481 e. The zero-order chi connectivity index (χ0) is 13.4. The summed E-state index contributed by atoms with van der Waals surface area (Å²) in [5.41, 5.74) is 0. The zero-order valence-corrected chi connectivity index (χ0v) is 12.1. The Morgan fingerprint density at radius 1 is 1.33 bits per heavy atom. The molecule has 2 N–H and O–H groups in total. The summed E-state index contributed by atoms with van der Waals surface area (Å²) < 4.78 is 0. The maximum absolute atomic E-state index is 11.8. The highest BCUT2D eigenvalue weighted by Crippen LogP contribution is 2.31. The van der Waals surface area contributed by atoms with Crippen LogP contribution in [0.4, 0.5) is 0 Å². The number of thiol groups is 1. The number of thioether (sulfide) groups is 1. The highest BCUT2D eigenvalue weighted by atomic mass is 32.2. The molecule has 1 saturated heterocycles. The van der Waals surface area contributed by atoms with Gasteiger partial charge in [-0.25, -0.2) is 0 Å². The molecule has 1 heterocycles. The molecular weight excluding hydrogens is 270 g/mol. The summed E-state index contributed by atoms with van der Waals surface area (Å²) in [6.07, 6.45) is 3.54. The van der Waals surface area contributed by atoms with E-state index < -0.39 is 5.97 Å². The lowest BCUT2D eigenvalue weighted by Gasteiger charge is -2.10. The minimum atomic E-state index is -0.750. The van der Waals surface area contributed by atoms with Crippen molar-refractivity contribution in [3.8, 4) is 0 Å². The predicted molar refractivity (Wildman–Crippen MR) is 77.3 cm³/mol. The second kappa shape index (κ2) is 8.69. The fourth-order valence-corrected chi connectivity index (χ4v) is 3.68. The summed E-state index contributed by atoms with van der Waals surface area (Å²) in [7, 11) is 0.